The van der Waals surface area contributed by atoms with Gasteiger partial charge in [0.05, 0.1) is 26.4 Å². The van der Waals surface area contributed by atoms with E-state index in [0.29, 0.717) is 25.7 Å². The molecule has 0 aromatic heterocycles. The van der Waals surface area contributed by atoms with E-state index >= 15 is 0 Å². The van der Waals surface area contributed by atoms with Crippen molar-refractivity contribution in [1.29, 1.82) is 0 Å². The summed E-state index contributed by atoms with van der Waals surface area (Å²) in [5.41, 5.74) is 0. The zero-order valence-corrected chi connectivity index (χ0v) is 61.1. The Morgan fingerprint density at radius 2 is 0.505 bits per heavy atom. The molecule has 0 heterocycles. The van der Waals surface area contributed by atoms with Crippen LogP contribution >= 0.6 is 15.6 Å². The summed E-state index contributed by atoms with van der Waals surface area (Å²) in [6, 6.07) is 0. The Balaban J connectivity index is 5.21. The third-order valence-corrected chi connectivity index (χ3v) is 18.5. The van der Waals surface area contributed by atoms with Crippen molar-refractivity contribution in [2.24, 2.45) is 17.8 Å². The molecular weight excluding hydrogens is 1200 g/mol. The van der Waals surface area contributed by atoms with Crippen molar-refractivity contribution >= 4 is 39.5 Å². The Hall–Kier alpha value is -1.94. The van der Waals surface area contributed by atoms with Gasteiger partial charge in [-0.25, -0.2) is 9.13 Å². The molecule has 0 rings (SSSR count). The van der Waals surface area contributed by atoms with Gasteiger partial charge in [-0.3, -0.25) is 37.3 Å². The van der Waals surface area contributed by atoms with Gasteiger partial charge in [0.15, 0.2) is 12.2 Å². The van der Waals surface area contributed by atoms with Crippen molar-refractivity contribution in [2.75, 3.05) is 39.6 Å². The summed E-state index contributed by atoms with van der Waals surface area (Å²) < 4.78 is 68.3. The Labute approximate surface area is 556 Å². The molecular formula is C72H140O17P2. The van der Waals surface area contributed by atoms with Crippen molar-refractivity contribution in [3.63, 3.8) is 0 Å². The summed E-state index contributed by atoms with van der Waals surface area (Å²) in [7, 11) is -9.90. The van der Waals surface area contributed by atoms with Crippen molar-refractivity contribution < 1.29 is 80.2 Å². The molecule has 19 heteroatoms. The molecule has 0 aliphatic rings. The van der Waals surface area contributed by atoms with Gasteiger partial charge in [0.2, 0.25) is 0 Å². The third-order valence-electron chi connectivity index (χ3n) is 16.6. The van der Waals surface area contributed by atoms with Gasteiger partial charge in [-0.15, -0.1) is 0 Å². The highest BCUT2D eigenvalue weighted by Gasteiger charge is 2.30. The number of esters is 4. The second kappa shape index (κ2) is 62.8. The Kier molecular flexibility index (Phi) is 61.5. The summed E-state index contributed by atoms with van der Waals surface area (Å²) >= 11 is 0. The van der Waals surface area contributed by atoms with E-state index in [1.165, 1.54) is 161 Å². The predicted molar refractivity (Wildman–Crippen MR) is 368 cm³/mol. The lowest BCUT2D eigenvalue weighted by molar-refractivity contribution is -0.161. The molecule has 91 heavy (non-hydrogen) atoms. The van der Waals surface area contributed by atoms with Crippen LogP contribution in [0.4, 0.5) is 0 Å². The molecule has 0 radical (unpaired) electrons. The molecule has 5 atom stereocenters. The van der Waals surface area contributed by atoms with Crippen LogP contribution in [-0.4, -0.2) is 96.7 Å². The smallest absolute Gasteiger partial charge is 0.462 e. The molecule has 0 spiro atoms. The van der Waals surface area contributed by atoms with Crippen LogP contribution in [0.1, 0.15) is 363 Å². The molecule has 0 bridgehead atoms. The summed E-state index contributed by atoms with van der Waals surface area (Å²) in [6.07, 6.45) is 47.3. The van der Waals surface area contributed by atoms with Crippen molar-refractivity contribution in [3.8, 4) is 0 Å². The zero-order chi connectivity index (χ0) is 67.3. The van der Waals surface area contributed by atoms with Crippen LogP contribution < -0.4 is 0 Å². The number of phosphoric ester groups is 2. The minimum Gasteiger partial charge on any atom is -0.462 e. The van der Waals surface area contributed by atoms with Crippen LogP contribution in [0.2, 0.25) is 0 Å². The highest BCUT2D eigenvalue weighted by molar-refractivity contribution is 7.47. The van der Waals surface area contributed by atoms with Crippen LogP contribution in [-0.2, 0) is 65.4 Å². The van der Waals surface area contributed by atoms with Crippen LogP contribution in [0.5, 0.6) is 0 Å². The molecule has 0 aliphatic heterocycles. The first-order chi connectivity index (χ1) is 43.7. The monoisotopic (exact) mass is 1340 g/mol. The fourth-order valence-corrected chi connectivity index (χ4v) is 12.5. The topological polar surface area (TPSA) is 237 Å². The van der Waals surface area contributed by atoms with E-state index in [2.05, 4.69) is 48.5 Å². The number of hydrogen-bond acceptors (Lipinski definition) is 15. The largest absolute Gasteiger partial charge is 0.472 e. The van der Waals surface area contributed by atoms with Crippen LogP contribution in [0.25, 0.3) is 0 Å². The average molecular weight is 1340 g/mol. The molecule has 540 valence electrons. The molecule has 0 saturated carbocycles. The van der Waals surface area contributed by atoms with Crippen LogP contribution in [0, 0.1) is 17.8 Å². The number of ether oxygens (including phenoxy) is 4. The van der Waals surface area contributed by atoms with Crippen molar-refractivity contribution in [1.82, 2.24) is 0 Å². The predicted octanol–water partition coefficient (Wildman–Crippen LogP) is 20.6. The van der Waals surface area contributed by atoms with Gasteiger partial charge >= 0.3 is 39.5 Å². The fraction of sp³-hybridized carbons (Fsp3) is 0.944. The molecule has 0 aliphatic carbocycles. The van der Waals surface area contributed by atoms with E-state index in [-0.39, 0.29) is 25.7 Å². The van der Waals surface area contributed by atoms with Crippen molar-refractivity contribution in [3.05, 3.63) is 0 Å². The lowest BCUT2D eigenvalue weighted by Crippen LogP contribution is -2.30. The van der Waals surface area contributed by atoms with Gasteiger partial charge in [-0.05, 0) is 43.4 Å². The number of phosphoric acid groups is 2. The number of aliphatic hydroxyl groups is 1. The molecule has 3 N–H and O–H groups in total. The molecule has 17 nitrogen and oxygen atoms in total. The normalized spacial score (nSPS) is 14.2. The molecule has 0 fully saturated rings. The fourth-order valence-electron chi connectivity index (χ4n) is 10.9. The van der Waals surface area contributed by atoms with Gasteiger partial charge in [-0.2, -0.15) is 0 Å². The van der Waals surface area contributed by atoms with Gasteiger partial charge in [0.25, 0.3) is 0 Å². The lowest BCUT2D eigenvalue weighted by Gasteiger charge is -2.21. The Morgan fingerprint density at radius 3 is 0.747 bits per heavy atom. The first-order valence-electron chi connectivity index (χ1n) is 37.3. The van der Waals surface area contributed by atoms with E-state index in [1.54, 1.807) is 0 Å². The SMILES string of the molecule is CCCCCCCCCC(=O)OC[C@H](COP(=O)(O)OC[C@H](O)COP(=O)(O)OC[C@@H](COC(=O)CCCCCCCCCCCCCCC(C)C)OC(=O)CCCCCCCCCCCCCCCCC(C)C)OC(=O)CCCCCCCCCCCC(C)C. The minimum atomic E-state index is -4.95. The molecule has 0 aromatic rings. The van der Waals surface area contributed by atoms with E-state index in [4.69, 9.17) is 37.0 Å². The summed E-state index contributed by atoms with van der Waals surface area (Å²) in [5, 5.41) is 10.6. The second-order valence-electron chi connectivity index (χ2n) is 27.4. The van der Waals surface area contributed by atoms with Crippen molar-refractivity contribution in [2.45, 2.75) is 381 Å². The van der Waals surface area contributed by atoms with Gasteiger partial charge < -0.3 is 33.8 Å². The summed E-state index contributed by atoms with van der Waals surface area (Å²) in [6.45, 7) is 11.8. The number of unbranched alkanes of at least 4 members (excludes halogenated alkanes) is 38. The van der Waals surface area contributed by atoms with Gasteiger partial charge in [0.1, 0.15) is 19.3 Å². The maximum Gasteiger partial charge on any atom is 0.472 e. The van der Waals surface area contributed by atoms with Crippen LogP contribution in [0.3, 0.4) is 0 Å². The minimum absolute atomic E-state index is 0.105. The standard InChI is InChI=1S/C72H140O17P2/c1-8-9-10-11-29-39-46-53-69(74)82-59-67(88-72(77)56-49-42-35-28-22-25-32-38-45-52-65(6)7)61-86-90(78,79)84-57-66(73)58-85-91(80,81)87-62-68(60-83-70(75)54-47-40-33-26-20-17-16-19-24-31-37-44-51-64(4)5)89-71(76)55-48-41-34-27-21-15-13-12-14-18-23-30-36-43-50-63(2)3/h63-68,73H,8-62H2,1-7H3,(H,78,79)(H,80,81)/t66-,67+,68+/m0/s1. The number of rotatable bonds is 70. The van der Waals surface area contributed by atoms with E-state index < -0.39 is 97.5 Å². The summed E-state index contributed by atoms with van der Waals surface area (Å²) in [4.78, 5) is 72.5. The highest BCUT2D eigenvalue weighted by Crippen LogP contribution is 2.45. The number of hydrogen-bond donors (Lipinski definition) is 3. The molecule has 0 saturated heterocycles. The quantitative estimate of drug-likeness (QED) is 0.0222. The third kappa shape index (κ3) is 66.5. The first kappa shape index (κ1) is 89.1. The average Bonchev–Trinajstić information content (AvgIpc) is 2.08. The number of carbonyl (C=O) groups is 4. The first-order valence-corrected chi connectivity index (χ1v) is 40.3. The maximum absolute atomic E-state index is 13.0. The number of aliphatic hydroxyl groups excluding tert-OH is 1. The van der Waals surface area contributed by atoms with Gasteiger partial charge in [-0.1, -0.05) is 312 Å². The Bertz CT molecular complexity index is 1780. The van der Waals surface area contributed by atoms with E-state index in [9.17, 15) is 43.2 Å². The molecule has 0 aromatic carbocycles. The maximum atomic E-state index is 13.0. The molecule has 2 unspecified atom stereocenters. The Morgan fingerprint density at radius 1 is 0.297 bits per heavy atom. The second-order valence-corrected chi connectivity index (χ2v) is 30.3. The van der Waals surface area contributed by atoms with E-state index in [0.717, 1.165) is 120 Å². The van der Waals surface area contributed by atoms with Gasteiger partial charge in [0, 0.05) is 25.7 Å². The highest BCUT2D eigenvalue weighted by atomic mass is 31.2. The zero-order valence-electron chi connectivity index (χ0n) is 59.3. The summed E-state index contributed by atoms with van der Waals surface area (Å²) in [5.74, 6) is 0.186. The molecule has 0 amide bonds. The van der Waals surface area contributed by atoms with E-state index in [1.807, 2.05) is 0 Å². The van der Waals surface area contributed by atoms with Crippen LogP contribution in [0.15, 0.2) is 0 Å². The lowest BCUT2D eigenvalue weighted by atomic mass is 10.0. The number of carbonyl (C=O) groups excluding carboxylic acids is 4.